The summed E-state index contributed by atoms with van der Waals surface area (Å²) in [7, 11) is 0. The number of hydrogen-bond acceptors (Lipinski definition) is 3. The number of benzene rings is 1. The summed E-state index contributed by atoms with van der Waals surface area (Å²) >= 11 is 5.39. The standard InChI is InChI=1S/C16H18N2OS/c1-3-4-14-17-15(10(2)16(20)18-14)12-5-6-13-11(9-12)7-8-19-13/h5-6,9H,3-4,7-8H2,1-2H3,(H,17,18,20). The van der Waals surface area contributed by atoms with Crippen LogP contribution in [0, 0.1) is 11.6 Å². The number of H-pyrrole nitrogens is 1. The van der Waals surface area contributed by atoms with Gasteiger partial charge < -0.3 is 9.72 Å². The number of aryl methyl sites for hydroxylation is 1. The molecule has 4 heteroatoms. The highest BCUT2D eigenvalue weighted by Crippen LogP contribution is 2.31. The number of nitrogens with one attached hydrogen (secondary N) is 1. The van der Waals surface area contributed by atoms with Crippen LogP contribution < -0.4 is 4.74 Å². The number of hydrogen-bond donors (Lipinski definition) is 1. The Labute approximate surface area is 124 Å². The van der Waals surface area contributed by atoms with Crippen molar-refractivity contribution in [1.29, 1.82) is 0 Å². The maximum Gasteiger partial charge on any atom is 0.133 e. The number of rotatable bonds is 3. The van der Waals surface area contributed by atoms with Gasteiger partial charge in [0.05, 0.1) is 12.3 Å². The summed E-state index contributed by atoms with van der Waals surface area (Å²) in [4.78, 5) is 7.90. The molecule has 0 radical (unpaired) electrons. The SMILES string of the molecule is CCCc1nc(=S)c(C)c(-c2ccc3c(c2)CCO3)[nH]1. The predicted octanol–water partition coefficient (Wildman–Crippen LogP) is 4.00. The van der Waals surface area contributed by atoms with E-state index in [1.807, 2.05) is 13.0 Å². The molecule has 0 bridgehead atoms. The third kappa shape index (κ3) is 2.36. The molecular formula is C16H18N2OS. The smallest absolute Gasteiger partial charge is 0.133 e. The van der Waals surface area contributed by atoms with E-state index in [9.17, 15) is 0 Å². The highest BCUT2D eigenvalue weighted by atomic mass is 32.1. The lowest BCUT2D eigenvalue weighted by Gasteiger charge is -2.10. The molecule has 2 heterocycles. The molecule has 0 saturated heterocycles. The second kappa shape index (κ2) is 5.37. The molecule has 0 saturated carbocycles. The van der Waals surface area contributed by atoms with Gasteiger partial charge in [0, 0.05) is 18.4 Å². The zero-order valence-electron chi connectivity index (χ0n) is 11.8. The molecule has 1 aliphatic rings. The number of aromatic nitrogens is 2. The van der Waals surface area contributed by atoms with E-state index in [2.05, 4.69) is 29.0 Å². The van der Waals surface area contributed by atoms with Gasteiger partial charge in [-0.05, 0) is 42.7 Å². The van der Waals surface area contributed by atoms with Crippen LogP contribution in [-0.4, -0.2) is 16.6 Å². The first-order valence-corrected chi connectivity index (χ1v) is 7.45. The van der Waals surface area contributed by atoms with Crippen molar-refractivity contribution in [2.24, 2.45) is 0 Å². The fourth-order valence-electron chi connectivity index (χ4n) is 2.57. The maximum absolute atomic E-state index is 5.56. The van der Waals surface area contributed by atoms with Gasteiger partial charge in [-0.15, -0.1) is 0 Å². The summed E-state index contributed by atoms with van der Waals surface area (Å²) in [5.41, 5.74) is 4.56. The van der Waals surface area contributed by atoms with Crippen molar-refractivity contribution in [3.63, 3.8) is 0 Å². The third-order valence-corrected chi connectivity index (χ3v) is 4.06. The molecule has 0 amide bonds. The molecule has 0 fully saturated rings. The van der Waals surface area contributed by atoms with E-state index < -0.39 is 0 Å². The van der Waals surface area contributed by atoms with Crippen LogP contribution in [-0.2, 0) is 12.8 Å². The first-order valence-electron chi connectivity index (χ1n) is 7.05. The van der Waals surface area contributed by atoms with E-state index in [-0.39, 0.29) is 0 Å². The topological polar surface area (TPSA) is 37.9 Å². The predicted molar refractivity (Wildman–Crippen MR) is 82.8 cm³/mol. The summed E-state index contributed by atoms with van der Waals surface area (Å²) in [5.74, 6) is 1.97. The molecule has 1 aromatic heterocycles. The molecule has 1 aromatic carbocycles. The first-order chi connectivity index (χ1) is 9.69. The van der Waals surface area contributed by atoms with Crippen molar-refractivity contribution in [3.8, 4) is 17.0 Å². The maximum atomic E-state index is 5.56. The Hall–Kier alpha value is -1.68. The van der Waals surface area contributed by atoms with E-state index in [0.29, 0.717) is 4.64 Å². The Kier molecular flexibility index (Phi) is 3.57. The van der Waals surface area contributed by atoms with Crippen LogP contribution in [0.25, 0.3) is 11.3 Å². The summed E-state index contributed by atoms with van der Waals surface area (Å²) < 4.78 is 6.26. The fraction of sp³-hybridized carbons (Fsp3) is 0.375. The molecule has 0 aliphatic carbocycles. The second-order valence-corrected chi connectivity index (χ2v) is 5.55. The molecule has 1 N–H and O–H groups in total. The Morgan fingerprint density at radius 2 is 2.25 bits per heavy atom. The lowest BCUT2D eigenvalue weighted by atomic mass is 10.0. The van der Waals surface area contributed by atoms with Crippen molar-refractivity contribution >= 4 is 12.2 Å². The molecule has 20 heavy (non-hydrogen) atoms. The molecular weight excluding hydrogens is 268 g/mol. The van der Waals surface area contributed by atoms with Crippen molar-refractivity contribution in [3.05, 3.63) is 39.8 Å². The van der Waals surface area contributed by atoms with Gasteiger partial charge in [0.2, 0.25) is 0 Å². The van der Waals surface area contributed by atoms with Crippen molar-refractivity contribution in [1.82, 2.24) is 9.97 Å². The van der Waals surface area contributed by atoms with E-state index in [1.165, 1.54) is 5.56 Å². The monoisotopic (exact) mass is 286 g/mol. The molecule has 0 unspecified atom stereocenters. The summed E-state index contributed by atoms with van der Waals surface area (Å²) in [6.07, 6.45) is 2.96. The molecule has 0 atom stereocenters. The third-order valence-electron chi connectivity index (χ3n) is 3.67. The quantitative estimate of drug-likeness (QED) is 0.867. The average Bonchev–Trinajstić information content (AvgIpc) is 2.90. The largest absolute Gasteiger partial charge is 0.493 e. The normalized spacial score (nSPS) is 13.1. The van der Waals surface area contributed by atoms with Crippen LogP contribution in [0.5, 0.6) is 5.75 Å². The van der Waals surface area contributed by atoms with Crippen LogP contribution in [0.15, 0.2) is 18.2 Å². The Morgan fingerprint density at radius 3 is 3.05 bits per heavy atom. The van der Waals surface area contributed by atoms with Crippen molar-refractivity contribution in [2.45, 2.75) is 33.1 Å². The van der Waals surface area contributed by atoms with Gasteiger partial charge >= 0.3 is 0 Å². The van der Waals surface area contributed by atoms with E-state index >= 15 is 0 Å². The molecule has 0 spiro atoms. The van der Waals surface area contributed by atoms with Crippen LogP contribution in [0.4, 0.5) is 0 Å². The Bertz CT molecular complexity index is 706. The van der Waals surface area contributed by atoms with Gasteiger partial charge in [0.1, 0.15) is 16.2 Å². The molecule has 104 valence electrons. The van der Waals surface area contributed by atoms with Gasteiger partial charge in [-0.3, -0.25) is 0 Å². The summed E-state index contributed by atoms with van der Waals surface area (Å²) in [5, 5.41) is 0. The van der Waals surface area contributed by atoms with Gasteiger partial charge in [0.25, 0.3) is 0 Å². The zero-order valence-corrected chi connectivity index (χ0v) is 12.6. The second-order valence-electron chi connectivity index (χ2n) is 5.16. The number of fused-ring (bicyclic) bond motifs is 1. The van der Waals surface area contributed by atoms with E-state index in [1.54, 1.807) is 0 Å². The van der Waals surface area contributed by atoms with Gasteiger partial charge in [-0.2, -0.15) is 0 Å². The van der Waals surface area contributed by atoms with E-state index in [4.69, 9.17) is 17.0 Å². The van der Waals surface area contributed by atoms with Crippen LogP contribution in [0.3, 0.4) is 0 Å². The van der Waals surface area contributed by atoms with E-state index in [0.717, 1.165) is 54.3 Å². The van der Waals surface area contributed by atoms with Crippen molar-refractivity contribution < 1.29 is 4.74 Å². The zero-order chi connectivity index (χ0) is 14.1. The molecule has 3 nitrogen and oxygen atoms in total. The van der Waals surface area contributed by atoms with Crippen LogP contribution in [0.1, 0.15) is 30.3 Å². The van der Waals surface area contributed by atoms with Crippen LogP contribution >= 0.6 is 12.2 Å². The number of nitrogens with zero attached hydrogens (tertiary/aromatic N) is 1. The summed E-state index contributed by atoms with van der Waals surface area (Å²) in [6, 6.07) is 6.34. The lowest BCUT2D eigenvalue weighted by molar-refractivity contribution is 0.357. The molecule has 3 rings (SSSR count). The molecule has 2 aromatic rings. The minimum absolute atomic E-state index is 0.693. The van der Waals surface area contributed by atoms with Crippen molar-refractivity contribution in [2.75, 3.05) is 6.61 Å². The highest BCUT2D eigenvalue weighted by Gasteiger charge is 2.14. The minimum atomic E-state index is 0.693. The van der Waals surface area contributed by atoms with Gasteiger partial charge in [-0.25, -0.2) is 4.98 Å². The minimum Gasteiger partial charge on any atom is -0.493 e. The first kappa shape index (κ1) is 13.3. The van der Waals surface area contributed by atoms with Crippen LogP contribution in [0.2, 0.25) is 0 Å². The number of aromatic amines is 1. The highest BCUT2D eigenvalue weighted by molar-refractivity contribution is 7.71. The lowest BCUT2D eigenvalue weighted by Crippen LogP contribution is -2.00. The Morgan fingerprint density at radius 1 is 1.40 bits per heavy atom. The average molecular weight is 286 g/mol. The molecule has 1 aliphatic heterocycles. The number of ether oxygens (including phenoxy) is 1. The van der Waals surface area contributed by atoms with Gasteiger partial charge in [0.15, 0.2) is 0 Å². The van der Waals surface area contributed by atoms with Gasteiger partial charge in [-0.1, -0.05) is 19.1 Å². The fourth-order valence-corrected chi connectivity index (χ4v) is 2.78. The summed E-state index contributed by atoms with van der Waals surface area (Å²) in [6.45, 7) is 4.96. The Balaban J connectivity index is 2.11.